The van der Waals surface area contributed by atoms with Crippen molar-refractivity contribution >= 4 is 17.8 Å². The second-order valence-corrected chi connectivity index (χ2v) is 8.14. The molecule has 1 aromatic carbocycles. The molecule has 0 saturated carbocycles. The van der Waals surface area contributed by atoms with Gasteiger partial charge in [-0.05, 0) is 50.6 Å². The van der Waals surface area contributed by atoms with Gasteiger partial charge in [-0.25, -0.2) is 4.79 Å². The van der Waals surface area contributed by atoms with E-state index >= 15 is 0 Å². The fraction of sp³-hybridized carbons (Fsp3) is 0.625. The fourth-order valence-corrected chi connectivity index (χ4v) is 3.20. The van der Waals surface area contributed by atoms with Gasteiger partial charge in [-0.15, -0.1) is 0 Å². The largest absolute Gasteiger partial charge is 0.480 e. The summed E-state index contributed by atoms with van der Waals surface area (Å²) in [5.74, 6) is -1.22. The summed E-state index contributed by atoms with van der Waals surface area (Å²) in [6.07, 6.45) is 4.15. The normalized spacial score (nSPS) is 12.6. The first kappa shape index (κ1) is 29.5. The maximum atomic E-state index is 12.1. The lowest BCUT2D eigenvalue weighted by atomic mass is 9.97. The van der Waals surface area contributed by atoms with Crippen molar-refractivity contribution < 1.29 is 29.0 Å². The van der Waals surface area contributed by atoms with Crippen LogP contribution in [0.25, 0.3) is 0 Å². The van der Waals surface area contributed by atoms with Gasteiger partial charge in [0.05, 0.1) is 19.9 Å². The van der Waals surface area contributed by atoms with E-state index in [9.17, 15) is 14.4 Å². The van der Waals surface area contributed by atoms with Gasteiger partial charge in [0.1, 0.15) is 12.8 Å². The predicted octanol–water partition coefficient (Wildman–Crippen LogP) is 0.998. The fourth-order valence-electron chi connectivity index (χ4n) is 3.20. The average molecular weight is 481 g/mol. The summed E-state index contributed by atoms with van der Waals surface area (Å²) < 4.78 is 10.8. The molecule has 0 aliphatic rings. The van der Waals surface area contributed by atoms with Crippen LogP contribution >= 0.6 is 0 Å². The van der Waals surface area contributed by atoms with Crippen LogP contribution in [0.1, 0.15) is 44.6 Å². The minimum atomic E-state index is -1.03. The number of amides is 2. The number of ether oxygens (including phenoxy) is 2. The highest BCUT2D eigenvalue weighted by Gasteiger charge is 2.14. The summed E-state index contributed by atoms with van der Waals surface area (Å²) in [4.78, 5) is 34.4. The first-order chi connectivity index (χ1) is 16.4. The van der Waals surface area contributed by atoms with E-state index in [1.54, 1.807) is 0 Å². The molecule has 6 N–H and O–H groups in total. The first-order valence-electron chi connectivity index (χ1n) is 11.8. The Labute approximate surface area is 201 Å². The lowest BCUT2D eigenvalue weighted by Crippen LogP contribution is -2.38. The minimum Gasteiger partial charge on any atom is -0.480 e. The lowest BCUT2D eigenvalue weighted by molar-refractivity contribution is -0.143. The molecule has 0 fully saturated rings. The summed E-state index contributed by atoms with van der Waals surface area (Å²) in [5.41, 5.74) is 6.61. The van der Waals surface area contributed by atoms with Crippen molar-refractivity contribution in [2.45, 2.75) is 51.7 Å². The molecule has 2 atom stereocenters. The first-order valence-corrected chi connectivity index (χ1v) is 11.8. The van der Waals surface area contributed by atoms with Crippen molar-refractivity contribution in [1.82, 2.24) is 16.0 Å². The van der Waals surface area contributed by atoms with Crippen molar-refractivity contribution in [3.8, 4) is 0 Å². The lowest BCUT2D eigenvalue weighted by Gasteiger charge is -2.21. The Hall–Kier alpha value is -2.53. The second-order valence-electron chi connectivity index (χ2n) is 8.14. The number of carboxylic acids is 1. The zero-order valence-corrected chi connectivity index (χ0v) is 20.1. The smallest absolute Gasteiger partial charge is 0.329 e. The van der Waals surface area contributed by atoms with Gasteiger partial charge < -0.3 is 30.9 Å². The van der Waals surface area contributed by atoms with Crippen LogP contribution in [0, 0.1) is 5.92 Å². The van der Waals surface area contributed by atoms with Crippen LogP contribution in [0.3, 0.4) is 0 Å². The zero-order chi connectivity index (χ0) is 25.0. The molecule has 0 aliphatic carbocycles. The van der Waals surface area contributed by atoms with Gasteiger partial charge in [0, 0.05) is 13.0 Å². The molecule has 10 nitrogen and oxygen atoms in total. The summed E-state index contributed by atoms with van der Waals surface area (Å²) in [6, 6.07) is 10.0. The van der Waals surface area contributed by atoms with Crippen molar-refractivity contribution in [3.63, 3.8) is 0 Å². The van der Waals surface area contributed by atoms with E-state index in [4.69, 9.17) is 20.3 Å². The summed E-state index contributed by atoms with van der Waals surface area (Å²) in [7, 11) is 0. The number of nitrogens with one attached hydrogen (secondary N) is 3. The molecule has 0 aromatic heterocycles. The topological polar surface area (TPSA) is 152 Å². The van der Waals surface area contributed by atoms with Gasteiger partial charge >= 0.3 is 5.97 Å². The van der Waals surface area contributed by atoms with E-state index in [-0.39, 0.29) is 43.8 Å². The van der Waals surface area contributed by atoms with Crippen LogP contribution in [0.4, 0.5) is 0 Å². The molecule has 0 bridgehead atoms. The van der Waals surface area contributed by atoms with Gasteiger partial charge in [0.25, 0.3) is 0 Å². The van der Waals surface area contributed by atoms with E-state index in [1.165, 1.54) is 5.56 Å². The molecule has 1 rings (SSSR count). The highest BCUT2D eigenvalue weighted by Crippen LogP contribution is 2.13. The predicted molar refractivity (Wildman–Crippen MR) is 129 cm³/mol. The third-order valence-electron chi connectivity index (χ3n) is 5.08. The average Bonchev–Trinajstić information content (AvgIpc) is 2.82. The van der Waals surface area contributed by atoms with Crippen LogP contribution in [0.15, 0.2) is 30.3 Å². The van der Waals surface area contributed by atoms with Crippen LogP contribution in [0.5, 0.6) is 0 Å². The number of aliphatic carboxylic acids is 1. The molecule has 192 valence electrons. The number of benzene rings is 1. The van der Waals surface area contributed by atoms with E-state index < -0.39 is 5.97 Å². The molecule has 2 amide bonds. The molecule has 2 unspecified atom stereocenters. The molecule has 0 heterocycles. The Bertz CT molecular complexity index is 704. The van der Waals surface area contributed by atoms with Gasteiger partial charge in [0.2, 0.25) is 11.8 Å². The third kappa shape index (κ3) is 16.1. The van der Waals surface area contributed by atoms with Crippen LogP contribution < -0.4 is 21.7 Å². The monoisotopic (exact) mass is 480 g/mol. The Morgan fingerprint density at radius 1 is 1.06 bits per heavy atom. The van der Waals surface area contributed by atoms with Gasteiger partial charge in [-0.3, -0.25) is 14.9 Å². The molecule has 0 aliphatic heterocycles. The Morgan fingerprint density at radius 2 is 1.82 bits per heavy atom. The number of hydrogen-bond donors (Lipinski definition) is 5. The van der Waals surface area contributed by atoms with E-state index in [2.05, 4.69) is 28.1 Å². The standard InChI is InChI=1S/C24H40N4O6/c1-19(28-18-33-17-24(31)32)34-16-21(14-20-8-4-2-5-9-20)11-13-26-23(30)15-27-22(29)10-6-3-7-12-25/h2,4-5,8-9,19,21,28H,3,6-7,10-18,25H2,1H3,(H,26,30)(H,27,29)(H,31,32). The molecule has 34 heavy (non-hydrogen) atoms. The van der Waals surface area contributed by atoms with Gasteiger partial charge in [-0.2, -0.15) is 0 Å². The number of unbranched alkanes of at least 4 members (excludes halogenated alkanes) is 2. The maximum absolute atomic E-state index is 12.1. The highest BCUT2D eigenvalue weighted by molar-refractivity contribution is 5.84. The van der Waals surface area contributed by atoms with E-state index in [0.29, 0.717) is 32.5 Å². The number of carboxylic acid groups (broad SMARTS) is 1. The van der Waals surface area contributed by atoms with E-state index in [0.717, 1.165) is 25.7 Å². The van der Waals surface area contributed by atoms with E-state index in [1.807, 2.05) is 25.1 Å². The molecular weight excluding hydrogens is 440 g/mol. The number of carbonyl (C=O) groups excluding carboxylic acids is 2. The maximum Gasteiger partial charge on any atom is 0.329 e. The second kappa shape index (κ2) is 18.8. The van der Waals surface area contributed by atoms with Crippen molar-refractivity contribution in [3.05, 3.63) is 35.9 Å². The quantitative estimate of drug-likeness (QED) is 0.137. The van der Waals surface area contributed by atoms with Crippen LogP contribution in [0.2, 0.25) is 0 Å². The Morgan fingerprint density at radius 3 is 2.53 bits per heavy atom. The SMILES string of the molecule is CC(NCOCC(=O)O)OCC(CCNC(=O)CNC(=O)CCCCCN)Cc1ccccc1. The van der Waals surface area contributed by atoms with Crippen molar-refractivity contribution in [1.29, 1.82) is 0 Å². The Kier molecular flexibility index (Phi) is 16.4. The molecule has 10 heteroatoms. The summed E-state index contributed by atoms with van der Waals surface area (Å²) in [5, 5.41) is 17.0. The summed E-state index contributed by atoms with van der Waals surface area (Å²) in [6.45, 7) is 3.04. The number of hydrogen-bond acceptors (Lipinski definition) is 7. The third-order valence-corrected chi connectivity index (χ3v) is 5.08. The van der Waals surface area contributed by atoms with Gasteiger partial charge in [-0.1, -0.05) is 36.8 Å². The van der Waals surface area contributed by atoms with Crippen LogP contribution in [-0.4, -0.2) is 68.7 Å². The molecule has 0 saturated heterocycles. The summed E-state index contributed by atoms with van der Waals surface area (Å²) >= 11 is 0. The van der Waals surface area contributed by atoms with Crippen molar-refractivity contribution in [2.24, 2.45) is 11.7 Å². The zero-order valence-electron chi connectivity index (χ0n) is 20.1. The Balaban J connectivity index is 2.36. The highest BCUT2D eigenvalue weighted by atomic mass is 16.5. The number of nitrogens with two attached hydrogens (primary N) is 1. The number of rotatable bonds is 20. The van der Waals surface area contributed by atoms with Crippen LogP contribution in [-0.2, 0) is 30.3 Å². The number of carbonyl (C=O) groups is 3. The molecular formula is C24H40N4O6. The molecule has 0 radical (unpaired) electrons. The van der Waals surface area contributed by atoms with Crippen molar-refractivity contribution in [2.75, 3.05) is 39.6 Å². The van der Waals surface area contributed by atoms with Gasteiger partial charge in [0.15, 0.2) is 0 Å². The molecule has 0 spiro atoms. The minimum absolute atomic E-state index is 0.0349. The molecule has 1 aromatic rings.